The van der Waals surface area contributed by atoms with Crippen molar-refractivity contribution in [3.05, 3.63) is 53.9 Å². The minimum atomic E-state index is -0.937. The molecule has 0 aliphatic heterocycles. The van der Waals surface area contributed by atoms with Gasteiger partial charge in [-0.25, -0.2) is 9.78 Å². The Morgan fingerprint density at radius 1 is 1.53 bits per heavy atom. The highest BCUT2D eigenvalue weighted by Gasteiger charge is 2.01. The zero-order valence-electron chi connectivity index (χ0n) is 10.5. The van der Waals surface area contributed by atoms with E-state index in [-0.39, 0.29) is 0 Å². The fourth-order valence-corrected chi connectivity index (χ4v) is 2.47. The third kappa shape index (κ3) is 3.99. The molecule has 0 amide bonds. The van der Waals surface area contributed by atoms with Crippen molar-refractivity contribution in [2.45, 2.75) is 10.9 Å². The second-order valence-electron chi connectivity index (χ2n) is 4.03. The Morgan fingerprint density at radius 2 is 2.37 bits per heavy atom. The lowest BCUT2D eigenvalue weighted by molar-refractivity contribution is -0.131. The Kier molecular flexibility index (Phi) is 4.41. The van der Waals surface area contributed by atoms with Crippen molar-refractivity contribution >= 4 is 23.8 Å². The number of aliphatic carboxylic acids is 1. The van der Waals surface area contributed by atoms with Gasteiger partial charge >= 0.3 is 5.97 Å². The van der Waals surface area contributed by atoms with E-state index in [1.807, 2.05) is 42.1 Å². The van der Waals surface area contributed by atoms with Crippen LogP contribution in [0.3, 0.4) is 0 Å². The van der Waals surface area contributed by atoms with Gasteiger partial charge in [-0.1, -0.05) is 36.0 Å². The highest BCUT2D eigenvalue weighted by molar-refractivity contribution is 7.98. The summed E-state index contributed by atoms with van der Waals surface area (Å²) in [6, 6.07) is 7.81. The number of hydrogen-bond acceptors (Lipinski definition) is 3. The monoisotopic (exact) mass is 274 g/mol. The molecule has 0 aliphatic carbocycles. The molecule has 19 heavy (non-hydrogen) atoms. The van der Waals surface area contributed by atoms with Gasteiger partial charge in [0, 0.05) is 31.3 Å². The lowest BCUT2D eigenvalue weighted by Crippen LogP contribution is -1.90. The van der Waals surface area contributed by atoms with Gasteiger partial charge in [-0.2, -0.15) is 0 Å². The highest BCUT2D eigenvalue weighted by atomic mass is 32.2. The molecule has 0 fully saturated rings. The summed E-state index contributed by atoms with van der Waals surface area (Å²) >= 11 is 1.65. The molecule has 1 heterocycles. The van der Waals surface area contributed by atoms with Crippen LogP contribution in [0.2, 0.25) is 0 Å². The normalized spacial score (nSPS) is 11.0. The molecule has 0 spiro atoms. The van der Waals surface area contributed by atoms with E-state index in [0.29, 0.717) is 0 Å². The number of aryl methyl sites for hydroxylation is 1. The van der Waals surface area contributed by atoms with E-state index in [4.69, 9.17) is 5.11 Å². The third-order valence-electron chi connectivity index (χ3n) is 2.51. The molecule has 1 aromatic carbocycles. The number of thioether (sulfide) groups is 1. The molecule has 4 nitrogen and oxygen atoms in total. The molecule has 0 atom stereocenters. The van der Waals surface area contributed by atoms with Crippen LogP contribution >= 0.6 is 11.8 Å². The lowest BCUT2D eigenvalue weighted by Gasteiger charge is -2.03. The first-order chi connectivity index (χ1) is 9.15. The predicted octanol–water partition coefficient (Wildman–Crippen LogP) is 2.81. The molecule has 0 radical (unpaired) electrons. The first-order valence-electron chi connectivity index (χ1n) is 5.75. The van der Waals surface area contributed by atoms with E-state index in [1.54, 1.807) is 24.0 Å². The second-order valence-corrected chi connectivity index (χ2v) is 4.97. The van der Waals surface area contributed by atoms with E-state index in [9.17, 15) is 4.79 Å². The number of hydrogen-bond donors (Lipinski definition) is 1. The summed E-state index contributed by atoms with van der Waals surface area (Å²) in [5.41, 5.74) is 2.03. The fourth-order valence-electron chi connectivity index (χ4n) is 1.59. The molecule has 0 bridgehead atoms. The fraction of sp³-hybridized carbons (Fsp3) is 0.143. The van der Waals surface area contributed by atoms with Crippen molar-refractivity contribution in [1.29, 1.82) is 0 Å². The van der Waals surface area contributed by atoms with Crippen LogP contribution < -0.4 is 0 Å². The number of carboxylic acids is 1. The van der Waals surface area contributed by atoms with Crippen LogP contribution in [0, 0.1) is 0 Å². The van der Waals surface area contributed by atoms with Gasteiger partial charge in [0.05, 0.1) is 0 Å². The van der Waals surface area contributed by atoms with E-state index in [0.717, 1.165) is 28.1 Å². The molecule has 0 aliphatic rings. The minimum Gasteiger partial charge on any atom is -0.478 e. The zero-order valence-corrected chi connectivity index (χ0v) is 11.3. The molecular weight excluding hydrogens is 260 g/mol. The van der Waals surface area contributed by atoms with Crippen molar-refractivity contribution in [3.63, 3.8) is 0 Å². The first kappa shape index (κ1) is 13.4. The Labute approximate surface area is 115 Å². The summed E-state index contributed by atoms with van der Waals surface area (Å²) in [4.78, 5) is 14.7. The summed E-state index contributed by atoms with van der Waals surface area (Å²) in [6.07, 6.45) is 6.42. The number of carboxylic acid groups (broad SMARTS) is 1. The summed E-state index contributed by atoms with van der Waals surface area (Å²) in [7, 11) is 1.96. The largest absolute Gasteiger partial charge is 0.478 e. The molecule has 5 heteroatoms. The SMILES string of the molecule is Cn1ccnc1SCc1cccc(/C=C/C(=O)O)c1. The van der Waals surface area contributed by atoms with Crippen molar-refractivity contribution in [3.8, 4) is 0 Å². The first-order valence-corrected chi connectivity index (χ1v) is 6.74. The minimum absolute atomic E-state index is 0.805. The standard InChI is InChI=1S/C14H14N2O2S/c1-16-8-7-15-14(16)19-10-12-4-2-3-11(9-12)5-6-13(17)18/h2-9H,10H2,1H3,(H,17,18)/b6-5+. The summed E-state index contributed by atoms with van der Waals surface area (Å²) < 4.78 is 1.97. The number of carbonyl (C=O) groups is 1. The van der Waals surface area contributed by atoms with Gasteiger partial charge in [0.15, 0.2) is 5.16 Å². The maximum absolute atomic E-state index is 10.5. The van der Waals surface area contributed by atoms with Gasteiger partial charge in [-0.15, -0.1) is 0 Å². The number of imidazole rings is 1. The lowest BCUT2D eigenvalue weighted by atomic mass is 10.1. The van der Waals surface area contributed by atoms with E-state index >= 15 is 0 Å². The Hall–Kier alpha value is -2.01. The third-order valence-corrected chi connectivity index (χ3v) is 3.64. The van der Waals surface area contributed by atoms with Crippen molar-refractivity contribution < 1.29 is 9.90 Å². The van der Waals surface area contributed by atoms with Crippen LogP contribution in [-0.4, -0.2) is 20.6 Å². The summed E-state index contributed by atoms with van der Waals surface area (Å²) in [6.45, 7) is 0. The summed E-state index contributed by atoms with van der Waals surface area (Å²) in [5, 5.41) is 9.57. The van der Waals surface area contributed by atoms with Gasteiger partial charge in [-0.3, -0.25) is 0 Å². The van der Waals surface area contributed by atoms with Gasteiger partial charge in [0.1, 0.15) is 0 Å². The van der Waals surface area contributed by atoms with Crippen LogP contribution in [0.15, 0.2) is 47.9 Å². The van der Waals surface area contributed by atoms with Crippen molar-refractivity contribution in [2.75, 3.05) is 0 Å². The molecule has 2 rings (SSSR count). The van der Waals surface area contributed by atoms with E-state index in [2.05, 4.69) is 4.98 Å². The quantitative estimate of drug-likeness (QED) is 0.673. The van der Waals surface area contributed by atoms with Crippen molar-refractivity contribution in [1.82, 2.24) is 9.55 Å². The molecular formula is C14H14N2O2S. The smallest absolute Gasteiger partial charge is 0.328 e. The maximum atomic E-state index is 10.5. The zero-order chi connectivity index (χ0) is 13.7. The molecule has 1 N–H and O–H groups in total. The number of aromatic nitrogens is 2. The predicted molar refractivity (Wildman–Crippen MR) is 75.9 cm³/mol. The molecule has 98 valence electrons. The molecule has 2 aromatic rings. The molecule has 0 saturated carbocycles. The van der Waals surface area contributed by atoms with Crippen LogP contribution in [-0.2, 0) is 17.6 Å². The number of nitrogens with zero attached hydrogens (tertiary/aromatic N) is 2. The van der Waals surface area contributed by atoms with Crippen LogP contribution in [0.1, 0.15) is 11.1 Å². The highest BCUT2D eigenvalue weighted by Crippen LogP contribution is 2.21. The number of rotatable bonds is 5. The van der Waals surface area contributed by atoms with Gasteiger partial charge in [-0.05, 0) is 17.2 Å². The van der Waals surface area contributed by atoms with E-state index in [1.165, 1.54) is 0 Å². The van der Waals surface area contributed by atoms with E-state index < -0.39 is 5.97 Å². The topological polar surface area (TPSA) is 55.1 Å². The molecule has 0 unspecified atom stereocenters. The Bertz CT molecular complexity index is 605. The Balaban J connectivity index is 2.03. The van der Waals surface area contributed by atoms with Crippen LogP contribution in [0.25, 0.3) is 6.08 Å². The summed E-state index contributed by atoms with van der Waals surface area (Å²) in [5.74, 6) is -0.132. The maximum Gasteiger partial charge on any atom is 0.328 e. The van der Waals surface area contributed by atoms with Gasteiger partial charge in [0.2, 0.25) is 0 Å². The van der Waals surface area contributed by atoms with Gasteiger partial charge < -0.3 is 9.67 Å². The second kappa shape index (κ2) is 6.24. The van der Waals surface area contributed by atoms with Gasteiger partial charge in [0.25, 0.3) is 0 Å². The number of benzene rings is 1. The van der Waals surface area contributed by atoms with Crippen LogP contribution in [0.4, 0.5) is 0 Å². The Morgan fingerprint density at radius 3 is 3.05 bits per heavy atom. The molecule has 0 saturated heterocycles. The van der Waals surface area contributed by atoms with Crippen LogP contribution in [0.5, 0.6) is 0 Å². The average Bonchev–Trinajstić information content (AvgIpc) is 2.80. The molecule has 1 aromatic heterocycles. The van der Waals surface area contributed by atoms with Crippen molar-refractivity contribution in [2.24, 2.45) is 7.05 Å². The average molecular weight is 274 g/mol.